The summed E-state index contributed by atoms with van der Waals surface area (Å²) >= 11 is 3.39. The molecular weight excluding hydrogens is 352 g/mol. The van der Waals surface area contributed by atoms with Crippen molar-refractivity contribution in [2.75, 3.05) is 5.32 Å². The Labute approximate surface area is 144 Å². The second-order valence-corrected chi connectivity index (χ2v) is 6.77. The van der Waals surface area contributed by atoms with E-state index in [0.717, 1.165) is 41.4 Å². The molecule has 1 aliphatic rings. The molecule has 2 aromatic carbocycles. The molecule has 4 heteroatoms. The quantitative estimate of drug-likeness (QED) is 0.824. The summed E-state index contributed by atoms with van der Waals surface area (Å²) in [4.78, 5) is 12.3. The Kier molecular flexibility index (Phi) is 4.49. The Balaban J connectivity index is 1.77. The van der Waals surface area contributed by atoms with Gasteiger partial charge in [0, 0.05) is 10.2 Å². The lowest BCUT2D eigenvalue weighted by atomic mass is 9.80. The molecule has 0 saturated heterocycles. The highest BCUT2D eigenvalue weighted by Crippen LogP contribution is 2.40. The molecule has 1 saturated carbocycles. The molecule has 3 nitrogen and oxygen atoms in total. The fraction of sp³-hybridized carbons (Fsp3) is 0.263. The van der Waals surface area contributed by atoms with Crippen molar-refractivity contribution in [3.05, 3.63) is 64.1 Å². The van der Waals surface area contributed by atoms with E-state index in [9.17, 15) is 10.1 Å². The number of halogens is 1. The van der Waals surface area contributed by atoms with Crippen molar-refractivity contribution >= 4 is 27.5 Å². The summed E-state index contributed by atoms with van der Waals surface area (Å²) in [6.07, 6.45) is 4.06. The summed E-state index contributed by atoms with van der Waals surface area (Å²) in [6.45, 7) is 0. The SMILES string of the molecule is N#CC1(c2ccc(NC(=O)c3ccccc3Br)cc2)CCCC1. The van der Waals surface area contributed by atoms with Gasteiger partial charge in [-0.2, -0.15) is 5.26 Å². The number of amides is 1. The largest absolute Gasteiger partial charge is 0.322 e. The molecule has 1 fully saturated rings. The molecule has 1 aliphatic carbocycles. The molecule has 0 aliphatic heterocycles. The van der Waals surface area contributed by atoms with Gasteiger partial charge >= 0.3 is 0 Å². The Morgan fingerprint density at radius 3 is 2.35 bits per heavy atom. The lowest BCUT2D eigenvalue weighted by molar-refractivity contribution is 0.102. The summed E-state index contributed by atoms with van der Waals surface area (Å²) in [6, 6.07) is 17.5. The Hall–Kier alpha value is -2.12. The van der Waals surface area contributed by atoms with Crippen molar-refractivity contribution in [2.24, 2.45) is 0 Å². The molecule has 0 heterocycles. The van der Waals surface area contributed by atoms with E-state index in [2.05, 4.69) is 27.3 Å². The molecule has 0 aromatic heterocycles. The van der Waals surface area contributed by atoms with Crippen molar-refractivity contribution in [3.63, 3.8) is 0 Å². The number of hydrogen-bond donors (Lipinski definition) is 1. The average molecular weight is 369 g/mol. The fourth-order valence-electron chi connectivity index (χ4n) is 3.16. The smallest absolute Gasteiger partial charge is 0.256 e. The number of hydrogen-bond acceptors (Lipinski definition) is 2. The lowest BCUT2D eigenvalue weighted by Gasteiger charge is -2.21. The van der Waals surface area contributed by atoms with E-state index in [1.54, 1.807) is 6.07 Å². The number of carbonyl (C=O) groups excluding carboxylic acids is 1. The third-order valence-corrected chi connectivity index (χ3v) is 5.18. The highest BCUT2D eigenvalue weighted by atomic mass is 79.9. The molecule has 0 spiro atoms. The first-order valence-electron chi connectivity index (χ1n) is 7.72. The number of rotatable bonds is 3. The summed E-state index contributed by atoms with van der Waals surface area (Å²) in [5.74, 6) is -0.152. The van der Waals surface area contributed by atoms with Crippen molar-refractivity contribution in [3.8, 4) is 6.07 Å². The van der Waals surface area contributed by atoms with Crippen molar-refractivity contribution in [1.82, 2.24) is 0 Å². The Morgan fingerprint density at radius 2 is 1.74 bits per heavy atom. The van der Waals surface area contributed by atoms with Gasteiger partial charge in [0.1, 0.15) is 0 Å². The summed E-state index contributed by atoms with van der Waals surface area (Å²) in [5.41, 5.74) is 2.04. The summed E-state index contributed by atoms with van der Waals surface area (Å²) < 4.78 is 0.767. The number of nitriles is 1. The summed E-state index contributed by atoms with van der Waals surface area (Å²) in [7, 11) is 0. The second-order valence-electron chi connectivity index (χ2n) is 5.91. The minimum Gasteiger partial charge on any atom is -0.322 e. The minimum atomic E-state index is -0.342. The topological polar surface area (TPSA) is 52.9 Å². The molecule has 0 unspecified atom stereocenters. The van der Waals surface area contributed by atoms with Gasteiger partial charge < -0.3 is 5.32 Å². The Morgan fingerprint density at radius 1 is 1.09 bits per heavy atom. The van der Waals surface area contributed by atoms with Crippen LogP contribution in [-0.4, -0.2) is 5.91 Å². The van der Waals surface area contributed by atoms with Crippen LogP contribution in [0.3, 0.4) is 0 Å². The predicted molar refractivity (Wildman–Crippen MR) is 94.3 cm³/mol. The van der Waals surface area contributed by atoms with Gasteiger partial charge in [0.2, 0.25) is 0 Å². The minimum absolute atomic E-state index is 0.152. The van der Waals surface area contributed by atoms with Gasteiger partial charge in [-0.1, -0.05) is 37.1 Å². The molecule has 0 atom stereocenters. The molecule has 0 radical (unpaired) electrons. The maximum Gasteiger partial charge on any atom is 0.256 e. The van der Waals surface area contributed by atoms with Crippen LogP contribution in [0, 0.1) is 11.3 Å². The van der Waals surface area contributed by atoms with Crippen LogP contribution in [0.25, 0.3) is 0 Å². The third kappa shape index (κ3) is 3.16. The second kappa shape index (κ2) is 6.55. The van der Waals surface area contributed by atoms with Crippen LogP contribution in [0.5, 0.6) is 0 Å². The van der Waals surface area contributed by atoms with E-state index >= 15 is 0 Å². The molecule has 1 amide bonds. The zero-order valence-electron chi connectivity index (χ0n) is 12.7. The number of benzene rings is 2. The number of nitrogens with zero attached hydrogens (tertiary/aromatic N) is 1. The van der Waals surface area contributed by atoms with Crippen LogP contribution in [0.1, 0.15) is 41.6 Å². The van der Waals surface area contributed by atoms with Crippen molar-refractivity contribution < 1.29 is 4.79 Å². The van der Waals surface area contributed by atoms with Crippen LogP contribution < -0.4 is 5.32 Å². The third-order valence-electron chi connectivity index (χ3n) is 4.48. The first-order valence-corrected chi connectivity index (χ1v) is 8.52. The first-order chi connectivity index (χ1) is 11.1. The molecule has 2 aromatic rings. The van der Waals surface area contributed by atoms with Gasteiger partial charge in [0.15, 0.2) is 0 Å². The highest BCUT2D eigenvalue weighted by Gasteiger charge is 2.35. The van der Waals surface area contributed by atoms with Crippen LogP contribution in [0.15, 0.2) is 53.0 Å². The van der Waals surface area contributed by atoms with Crippen LogP contribution in [-0.2, 0) is 5.41 Å². The number of anilines is 1. The van der Waals surface area contributed by atoms with Crippen molar-refractivity contribution in [1.29, 1.82) is 5.26 Å². The van der Waals surface area contributed by atoms with Crippen LogP contribution in [0.4, 0.5) is 5.69 Å². The molecule has 1 N–H and O–H groups in total. The highest BCUT2D eigenvalue weighted by molar-refractivity contribution is 9.10. The van der Waals surface area contributed by atoms with Crippen LogP contribution in [0.2, 0.25) is 0 Å². The van der Waals surface area contributed by atoms with E-state index in [1.807, 2.05) is 42.5 Å². The van der Waals surface area contributed by atoms with E-state index in [4.69, 9.17) is 0 Å². The normalized spacial score (nSPS) is 15.8. The van der Waals surface area contributed by atoms with Gasteiger partial charge in [-0.25, -0.2) is 0 Å². The van der Waals surface area contributed by atoms with E-state index in [1.165, 1.54) is 0 Å². The number of carbonyl (C=O) groups is 1. The van der Waals surface area contributed by atoms with E-state index in [-0.39, 0.29) is 11.3 Å². The standard InChI is InChI=1S/C19H17BrN2O/c20-17-6-2-1-5-16(17)18(23)22-15-9-7-14(8-10-15)19(13-21)11-3-4-12-19/h1-2,5-10H,3-4,11-12H2,(H,22,23). The number of nitrogens with one attached hydrogen (secondary N) is 1. The predicted octanol–water partition coefficient (Wildman–Crippen LogP) is 5.04. The molecule has 3 rings (SSSR count). The van der Waals surface area contributed by atoms with Gasteiger partial charge in [-0.3, -0.25) is 4.79 Å². The molecule has 0 bridgehead atoms. The first kappa shape index (κ1) is 15.8. The lowest BCUT2D eigenvalue weighted by Crippen LogP contribution is -2.19. The van der Waals surface area contributed by atoms with E-state index in [0.29, 0.717) is 5.56 Å². The monoisotopic (exact) mass is 368 g/mol. The Bertz CT molecular complexity index is 756. The zero-order valence-corrected chi connectivity index (χ0v) is 14.3. The van der Waals surface area contributed by atoms with E-state index < -0.39 is 0 Å². The van der Waals surface area contributed by atoms with Crippen LogP contribution >= 0.6 is 15.9 Å². The molecular formula is C19H17BrN2O. The van der Waals surface area contributed by atoms with Gasteiger partial charge in [-0.05, 0) is 58.6 Å². The van der Waals surface area contributed by atoms with Crippen molar-refractivity contribution in [2.45, 2.75) is 31.1 Å². The average Bonchev–Trinajstić information content (AvgIpc) is 3.06. The zero-order chi connectivity index (χ0) is 16.3. The van der Waals surface area contributed by atoms with Gasteiger partial charge in [-0.15, -0.1) is 0 Å². The summed E-state index contributed by atoms with van der Waals surface area (Å²) in [5, 5.41) is 12.4. The maximum absolute atomic E-state index is 12.3. The van der Waals surface area contributed by atoms with Gasteiger partial charge in [0.05, 0.1) is 17.0 Å². The maximum atomic E-state index is 12.3. The van der Waals surface area contributed by atoms with Gasteiger partial charge in [0.25, 0.3) is 5.91 Å². The fourth-order valence-corrected chi connectivity index (χ4v) is 3.62. The molecule has 23 heavy (non-hydrogen) atoms. The molecule has 116 valence electrons.